The van der Waals surface area contributed by atoms with E-state index in [1.807, 2.05) is 18.2 Å². The summed E-state index contributed by atoms with van der Waals surface area (Å²) >= 11 is 0. The van der Waals surface area contributed by atoms with Crippen molar-refractivity contribution in [2.45, 2.75) is 30.3 Å². The Balaban J connectivity index is 1.43. The van der Waals surface area contributed by atoms with Gasteiger partial charge < -0.3 is 10.2 Å². The number of amides is 1. The number of rotatable bonds is 6. The fourth-order valence-electron chi connectivity index (χ4n) is 4.25. The zero-order chi connectivity index (χ0) is 21.8. The summed E-state index contributed by atoms with van der Waals surface area (Å²) in [5.74, 6) is -0.270. The number of nitrogens with zero attached hydrogens (tertiary/aromatic N) is 3. The van der Waals surface area contributed by atoms with E-state index in [0.717, 1.165) is 38.3 Å². The number of sulfonamides is 1. The normalized spacial score (nSPS) is 21.3. The minimum Gasteiger partial charge on any atom is -0.325 e. The van der Waals surface area contributed by atoms with Gasteiger partial charge in [-0.05, 0) is 49.7 Å². The molecular weight excluding hydrogens is 412 g/mol. The Labute approximate surface area is 184 Å². The van der Waals surface area contributed by atoms with E-state index in [9.17, 15) is 13.2 Å². The number of piperazine rings is 1. The molecule has 0 aromatic heterocycles. The standard InChI is InChI=1S/C23H30N4O3S/c1-25-13-15-26(16-14-25)18-19-7-5-8-20(17-19)24-23(28)22-11-6-12-27(22)31(29,30)21-9-3-2-4-10-21/h2-5,7-10,17,22H,6,11-16,18H2,1H3,(H,24,28). The fourth-order valence-corrected chi connectivity index (χ4v) is 5.93. The van der Waals surface area contributed by atoms with E-state index in [2.05, 4.69) is 28.2 Å². The maximum atomic E-state index is 13.0. The average Bonchev–Trinajstić information content (AvgIpc) is 3.27. The van der Waals surface area contributed by atoms with Crippen molar-refractivity contribution < 1.29 is 13.2 Å². The molecule has 4 rings (SSSR count). The largest absolute Gasteiger partial charge is 0.325 e. The lowest BCUT2D eigenvalue weighted by molar-refractivity contribution is -0.119. The second-order valence-corrected chi connectivity index (χ2v) is 10.2. The van der Waals surface area contributed by atoms with Gasteiger partial charge in [-0.25, -0.2) is 8.42 Å². The lowest BCUT2D eigenvalue weighted by Crippen LogP contribution is -2.44. The molecule has 2 aromatic rings. The summed E-state index contributed by atoms with van der Waals surface area (Å²) in [6.45, 7) is 5.38. The molecule has 8 heteroatoms. The predicted octanol–water partition coefficient (Wildman–Crippen LogP) is 2.23. The van der Waals surface area contributed by atoms with Gasteiger partial charge in [0.2, 0.25) is 15.9 Å². The minimum absolute atomic E-state index is 0.226. The first-order valence-corrected chi connectivity index (χ1v) is 12.2. The maximum Gasteiger partial charge on any atom is 0.243 e. The quantitative estimate of drug-likeness (QED) is 0.743. The SMILES string of the molecule is CN1CCN(Cc2cccc(NC(=O)C3CCCN3S(=O)(=O)c3ccccc3)c2)CC1. The Morgan fingerprint density at radius 1 is 1.00 bits per heavy atom. The van der Waals surface area contributed by atoms with E-state index >= 15 is 0 Å². The van der Waals surface area contributed by atoms with E-state index in [-0.39, 0.29) is 10.8 Å². The van der Waals surface area contributed by atoms with Crippen molar-refractivity contribution >= 4 is 21.6 Å². The molecule has 2 aliphatic rings. The van der Waals surface area contributed by atoms with Gasteiger partial charge in [-0.3, -0.25) is 9.69 Å². The summed E-state index contributed by atoms with van der Waals surface area (Å²) in [4.78, 5) is 18.0. The topological polar surface area (TPSA) is 73.0 Å². The number of nitrogens with one attached hydrogen (secondary N) is 1. The van der Waals surface area contributed by atoms with Gasteiger partial charge in [0.15, 0.2) is 0 Å². The first kappa shape index (κ1) is 22.0. The van der Waals surface area contributed by atoms with Crippen LogP contribution in [0.1, 0.15) is 18.4 Å². The van der Waals surface area contributed by atoms with Crippen LogP contribution in [0.4, 0.5) is 5.69 Å². The molecule has 2 fully saturated rings. The van der Waals surface area contributed by atoms with Crippen LogP contribution in [-0.2, 0) is 21.4 Å². The predicted molar refractivity (Wildman–Crippen MR) is 121 cm³/mol. The van der Waals surface area contributed by atoms with Crippen LogP contribution in [0.25, 0.3) is 0 Å². The van der Waals surface area contributed by atoms with Gasteiger partial charge in [0.05, 0.1) is 4.90 Å². The second kappa shape index (κ2) is 9.48. The average molecular weight is 443 g/mol. The molecular formula is C23H30N4O3S. The van der Waals surface area contributed by atoms with Crippen LogP contribution in [0.15, 0.2) is 59.5 Å². The van der Waals surface area contributed by atoms with E-state index in [1.165, 1.54) is 4.31 Å². The highest BCUT2D eigenvalue weighted by Gasteiger charge is 2.39. The Kier molecular flexibility index (Phi) is 6.71. The summed E-state index contributed by atoms with van der Waals surface area (Å²) in [6.07, 6.45) is 1.20. The highest BCUT2D eigenvalue weighted by molar-refractivity contribution is 7.89. The summed E-state index contributed by atoms with van der Waals surface area (Å²) in [5.41, 5.74) is 1.85. The van der Waals surface area contributed by atoms with E-state index in [0.29, 0.717) is 25.1 Å². The molecule has 2 aromatic carbocycles. The molecule has 0 radical (unpaired) electrons. The maximum absolute atomic E-state index is 13.0. The molecule has 166 valence electrons. The molecule has 0 bridgehead atoms. The zero-order valence-electron chi connectivity index (χ0n) is 17.9. The minimum atomic E-state index is -3.70. The molecule has 2 heterocycles. The zero-order valence-corrected chi connectivity index (χ0v) is 18.7. The fraction of sp³-hybridized carbons (Fsp3) is 0.435. The third kappa shape index (κ3) is 5.15. The molecule has 7 nitrogen and oxygen atoms in total. The third-order valence-electron chi connectivity index (χ3n) is 6.05. The molecule has 2 saturated heterocycles. The Morgan fingerprint density at radius 3 is 2.48 bits per heavy atom. The van der Waals surface area contributed by atoms with Gasteiger partial charge in [0.1, 0.15) is 6.04 Å². The van der Waals surface area contributed by atoms with Gasteiger partial charge in [0.25, 0.3) is 0 Å². The summed E-state index contributed by atoms with van der Waals surface area (Å²) in [5, 5.41) is 2.95. The van der Waals surface area contributed by atoms with Crippen LogP contribution < -0.4 is 5.32 Å². The van der Waals surface area contributed by atoms with E-state index in [1.54, 1.807) is 30.3 Å². The third-order valence-corrected chi connectivity index (χ3v) is 7.98. The number of carbonyl (C=O) groups excluding carboxylic acids is 1. The van der Waals surface area contributed by atoms with Crippen molar-refractivity contribution in [3.63, 3.8) is 0 Å². The van der Waals surface area contributed by atoms with Gasteiger partial charge in [-0.1, -0.05) is 30.3 Å². The van der Waals surface area contributed by atoms with Crippen molar-refractivity contribution in [2.75, 3.05) is 45.1 Å². The van der Waals surface area contributed by atoms with Crippen molar-refractivity contribution in [2.24, 2.45) is 0 Å². The number of carbonyl (C=O) groups is 1. The van der Waals surface area contributed by atoms with Crippen molar-refractivity contribution in [3.8, 4) is 0 Å². The Bertz CT molecular complexity index is 1000. The van der Waals surface area contributed by atoms with Gasteiger partial charge >= 0.3 is 0 Å². The Hall–Kier alpha value is -2.26. The monoisotopic (exact) mass is 442 g/mol. The number of hydrogen-bond acceptors (Lipinski definition) is 5. The van der Waals surface area contributed by atoms with Crippen molar-refractivity contribution in [1.29, 1.82) is 0 Å². The van der Waals surface area contributed by atoms with E-state index < -0.39 is 16.1 Å². The van der Waals surface area contributed by atoms with Crippen LogP contribution in [-0.4, -0.2) is 74.2 Å². The Morgan fingerprint density at radius 2 is 1.74 bits per heavy atom. The molecule has 0 spiro atoms. The van der Waals surface area contributed by atoms with Gasteiger partial charge in [-0.15, -0.1) is 0 Å². The van der Waals surface area contributed by atoms with Crippen LogP contribution in [0.2, 0.25) is 0 Å². The number of anilines is 1. The van der Waals surface area contributed by atoms with Crippen LogP contribution in [0, 0.1) is 0 Å². The molecule has 1 atom stereocenters. The molecule has 0 saturated carbocycles. The molecule has 1 N–H and O–H groups in total. The smallest absolute Gasteiger partial charge is 0.243 e. The summed E-state index contributed by atoms with van der Waals surface area (Å²) in [7, 11) is -1.56. The molecule has 0 aliphatic carbocycles. The highest BCUT2D eigenvalue weighted by Crippen LogP contribution is 2.27. The van der Waals surface area contributed by atoms with Crippen LogP contribution in [0.5, 0.6) is 0 Å². The first-order valence-electron chi connectivity index (χ1n) is 10.8. The summed E-state index contributed by atoms with van der Waals surface area (Å²) < 4.78 is 27.4. The lowest BCUT2D eigenvalue weighted by Gasteiger charge is -2.32. The molecule has 1 amide bonds. The number of benzene rings is 2. The molecule has 31 heavy (non-hydrogen) atoms. The van der Waals surface area contributed by atoms with Crippen LogP contribution >= 0.6 is 0 Å². The van der Waals surface area contributed by atoms with Crippen molar-refractivity contribution in [3.05, 3.63) is 60.2 Å². The number of hydrogen-bond donors (Lipinski definition) is 1. The second-order valence-electron chi connectivity index (χ2n) is 8.36. The van der Waals surface area contributed by atoms with Gasteiger partial charge in [0, 0.05) is 45.0 Å². The highest BCUT2D eigenvalue weighted by atomic mass is 32.2. The van der Waals surface area contributed by atoms with Crippen LogP contribution in [0.3, 0.4) is 0 Å². The number of likely N-dealkylation sites (N-methyl/N-ethyl adjacent to an activating group) is 1. The first-order chi connectivity index (χ1) is 14.9. The molecule has 2 aliphatic heterocycles. The van der Waals surface area contributed by atoms with E-state index in [4.69, 9.17) is 0 Å². The molecule has 1 unspecified atom stereocenters. The lowest BCUT2D eigenvalue weighted by atomic mass is 10.1. The summed E-state index contributed by atoms with van der Waals surface area (Å²) in [6, 6.07) is 15.5. The van der Waals surface area contributed by atoms with Gasteiger partial charge in [-0.2, -0.15) is 4.31 Å². The van der Waals surface area contributed by atoms with Crippen molar-refractivity contribution in [1.82, 2.24) is 14.1 Å².